The van der Waals surface area contributed by atoms with Gasteiger partial charge in [0.05, 0.1) is 0 Å². The van der Waals surface area contributed by atoms with Crippen molar-refractivity contribution in [1.29, 1.82) is 10.5 Å². The van der Waals surface area contributed by atoms with Gasteiger partial charge in [0.1, 0.15) is 11.5 Å². The van der Waals surface area contributed by atoms with Gasteiger partial charge in [-0.05, 0) is 48.2 Å². The van der Waals surface area contributed by atoms with Crippen LogP contribution in [0.4, 0.5) is 0 Å². The van der Waals surface area contributed by atoms with Gasteiger partial charge in [-0.1, -0.05) is 51.0 Å². The van der Waals surface area contributed by atoms with E-state index in [0.29, 0.717) is 11.5 Å². The molecule has 0 saturated heterocycles. The maximum absolute atomic E-state index is 8.66. The fourth-order valence-corrected chi connectivity index (χ4v) is 3.51. The second kappa shape index (κ2) is 8.76. The lowest BCUT2D eigenvalue weighted by Gasteiger charge is -2.35. The molecule has 0 aromatic heterocycles. The third-order valence-corrected chi connectivity index (χ3v) is 4.49. The Morgan fingerprint density at radius 1 is 0.720 bits per heavy atom. The van der Waals surface area contributed by atoms with Crippen molar-refractivity contribution in [3.8, 4) is 24.0 Å². The van der Waals surface area contributed by atoms with Crippen LogP contribution < -0.4 is 9.47 Å². The molecule has 4 heteroatoms. The van der Waals surface area contributed by atoms with E-state index in [2.05, 4.69) is 13.8 Å². The quantitative estimate of drug-likeness (QED) is 0.615. The van der Waals surface area contributed by atoms with E-state index < -0.39 is 0 Å². The van der Waals surface area contributed by atoms with E-state index in [-0.39, 0.29) is 5.41 Å². The van der Waals surface area contributed by atoms with E-state index in [4.69, 9.17) is 20.0 Å². The maximum atomic E-state index is 8.66. The molecule has 2 aromatic carbocycles. The summed E-state index contributed by atoms with van der Waals surface area (Å²) in [6.07, 6.45) is 7.52. The molecule has 0 heterocycles. The number of nitriles is 2. The fourth-order valence-electron chi connectivity index (χ4n) is 3.51. The lowest BCUT2D eigenvalue weighted by Crippen LogP contribution is -2.27. The minimum Gasteiger partial charge on any atom is -0.388 e. The lowest BCUT2D eigenvalue weighted by molar-refractivity contribution is 0.424. The molecule has 0 N–H and O–H groups in total. The zero-order valence-electron chi connectivity index (χ0n) is 14.7. The number of ether oxygens (including phenoxy) is 2. The first kappa shape index (κ1) is 18.4. The Morgan fingerprint density at radius 2 is 1.08 bits per heavy atom. The first-order chi connectivity index (χ1) is 12.2. The van der Waals surface area contributed by atoms with Crippen LogP contribution in [-0.4, -0.2) is 0 Å². The normalized spacial score (nSPS) is 10.6. The lowest BCUT2D eigenvalue weighted by atomic mass is 9.68. The molecule has 0 aliphatic carbocycles. The Morgan fingerprint density at radius 3 is 1.36 bits per heavy atom. The largest absolute Gasteiger partial charge is 0.388 e. The highest BCUT2D eigenvalue weighted by Crippen LogP contribution is 2.42. The van der Waals surface area contributed by atoms with Gasteiger partial charge in [-0.2, -0.15) is 0 Å². The molecule has 0 bridgehead atoms. The molecule has 0 aliphatic rings. The Labute approximate surface area is 149 Å². The molecule has 0 atom stereocenters. The summed E-state index contributed by atoms with van der Waals surface area (Å²) in [6.45, 7) is 4.37. The van der Waals surface area contributed by atoms with Gasteiger partial charge in [-0.25, -0.2) is 0 Å². The van der Waals surface area contributed by atoms with Crippen molar-refractivity contribution in [2.75, 3.05) is 0 Å². The molecule has 0 unspecified atom stereocenters. The summed E-state index contributed by atoms with van der Waals surface area (Å²) in [5.74, 6) is 1.09. The summed E-state index contributed by atoms with van der Waals surface area (Å²) < 4.78 is 9.80. The highest BCUT2D eigenvalue weighted by atomic mass is 16.5. The third kappa shape index (κ3) is 4.11. The van der Waals surface area contributed by atoms with E-state index >= 15 is 0 Å². The smallest absolute Gasteiger partial charge is 0.292 e. The first-order valence-electron chi connectivity index (χ1n) is 8.53. The molecule has 0 spiro atoms. The van der Waals surface area contributed by atoms with Crippen LogP contribution in [0.25, 0.3) is 0 Å². The minimum atomic E-state index is -0.111. The standard InChI is InChI=1S/C21H22N2O2/c1-3-13-21(14-4-2,17-5-9-19(10-6-17)24-15-22)18-7-11-20(12-8-18)25-16-23/h5-12H,3-4,13-14H2,1-2H3. The maximum Gasteiger partial charge on any atom is 0.292 e. The van der Waals surface area contributed by atoms with E-state index in [9.17, 15) is 0 Å². The van der Waals surface area contributed by atoms with Crippen LogP contribution >= 0.6 is 0 Å². The summed E-state index contributed by atoms with van der Waals surface area (Å²) in [7, 11) is 0. The predicted molar refractivity (Wildman–Crippen MR) is 96.0 cm³/mol. The Balaban J connectivity index is 2.49. The first-order valence-corrected chi connectivity index (χ1v) is 8.53. The number of hydrogen-bond donors (Lipinski definition) is 0. The van der Waals surface area contributed by atoms with Crippen molar-refractivity contribution in [1.82, 2.24) is 0 Å². The van der Waals surface area contributed by atoms with Crippen molar-refractivity contribution in [3.05, 3.63) is 59.7 Å². The van der Waals surface area contributed by atoms with Crippen molar-refractivity contribution in [2.24, 2.45) is 0 Å². The van der Waals surface area contributed by atoms with Gasteiger partial charge in [0.15, 0.2) is 0 Å². The number of rotatable bonds is 8. The minimum absolute atomic E-state index is 0.111. The Bertz CT molecular complexity index is 685. The predicted octanol–water partition coefficient (Wildman–Crippen LogP) is 5.29. The highest BCUT2D eigenvalue weighted by molar-refractivity contribution is 5.43. The summed E-state index contributed by atoms with van der Waals surface area (Å²) in [5.41, 5.74) is 2.30. The highest BCUT2D eigenvalue weighted by Gasteiger charge is 2.32. The van der Waals surface area contributed by atoms with Gasteiger partial charge in [-0.3, -0.25) is 0 Å². The molecule has 0 aliphatic heterocycles. The Hall–Kier alpha value is -2.98. The molecule has 2 rings (SSSR count). The van der Waals surface area contributed by atoms with Crippen LogP contribution in [0.3, 0.4) is 0 Å². The van der Waals surface area contributed by atoms with Gasteiger partial charge >= 0.3 is 0 Å². The van der Waals surface area contributed by atoms with Gasteiger partial charge in [0.25, 0.3) is 12.5 Å². The van der Waals surface area contributed by atoms with E-state index in [1.807, 2.05) is 48.5 Å². The monoisotopic (exact) mass is 334 g/mol. The average Bonchev–Trinajstić information content (AvgIpc) is 2.63. The van der Waals surface area contributed by atoms with E-state index in [1.54, 1.807) is 12.5 Å². The number of nitrogens with zero attached hydrogens (tertiary/aromatic N) is 2. The molecule has 128 valence electrons. The van der Waals surface area contributed by atoms with Crippen LogP contribution in [0.15, 0.2) is 48.5 Å². The molecular weight excluding hydrogens is 312 g/mol. The van der Waals surface area contributed by atoms with Gasteiger partial charge < -0.3 is 9.47 Å². The van der Waals surface area contributed by atoms with Crippen LogP contribution in [-0.2, 0) is 5.41 Å². The topological polar surface area (TPSA) is 66.0 Å². The third-order valence-electron chi connectivity index (χ3n) is 4.49. The van der Waals surface area contributed by atoms with Gasteiger partial charge in [-0.15, -0.1) is 10.5 Å². The summed E-state index contributed by atoms with van der Waals surface area (Å²) in [4.78, 5) is 0. The molecule has 0 radical (unpaired) electrons. The fraction of sp³-hybridized carbons (Fsp3) is 0.333. The molecular formula is C21H22N2O2. The second-order valence-corrected chi connectivity index (χ2v) is 6.02. The molecule has 25 heavy (non-hydrogen) atoms. The zero-order chi connectivity index (χ0) is 18.1. The van der Waals surface area contributed by atoms with Crippen molar-refractivity contribution in [2.45, 2.75) is 44.9 Å². The molecule has 4 nitrogen and oxygen atoms in total. The SMILES string of the molecule is CCCC(CCC)(c1ccc(OC#N)cc1)c1ccc(OC#N)cc1. The van der Waals surface area contributed by atoms with Gasteiger partial charge in [0.2, 0.25) is 0 Å². The second-order valence-electron chi connectivity index (χ2n) is 6.02. The van der Waals surface area contributed by atoms with Crippen molar-refractivity contribution in [3.63, 3.8) is 0 Å². The average molecular weight is 334 g/mol. The molecule has 2 aromatic rings. The van der Waals surface area contributed by atoms with Crippen LogP contribution in [0.2, 0.25) is 0 Å². The van der Waals surface area contributed by atoms with Gasteiger partial charge in [0, 0.05) is 5.41 Å². The van der Waals surface area contributed by atoms with Crippen LogP contribution in [0.1, 0.15) is 50.7 Å². The molecule has 0 saturated carbocycles. The van der Waals surface area contributed by atoms with E-state index in [0.717, 1.165) is 25.7 Å². The van der Waals surface area contributed by atoms with Crippen molar-refractivity contribution < 1.29 is 9.47 Å². The number of benzene rings is 2. The Kier molecular flexibility index (Phi) is 6.43. The number of hydrogen-bond acceptors (Lipinski definition) is 4. The zero-order valence-corrected chi connectivity index (χ0v) is 14.7. The van der Waals surface area contributed by atoms with Crippen molar-refractivity contribution >= 4 is 0 Å². The summed E-state index contributed by atoms with van der Waals surface area (Å²) in [5, 5.41) is 17.3. The van der Waals surface area contributed by atoms with Crippen LogP contribution in [0, 0.1) is 23.0 Å². The van der Waals surface area contributed by atoms with E-state index in [1.165, 1.54) is 11.1 Å². The summed E-state index contributed by atoms with van der Waals surface area (Å²) in [6, 6.07) is 15.5. The molecule has 0 amide bonds. The molecule has 0 fully saturated rings. The van der Waals surface area contributed by atoms with Crippen LogP contribution in [0.5, 0.6) is 11.5 Å². The summed E-state index contributed by atoms with van der Waals surface area (Å²) >= 11 is 0.